The van der Waals surface area contributed by atoms with E-state index in [9.17, 15) is 4.79 Å². The van der Waals surface area contributed by atoms with Crippen LogP contribution in [0.15, 0.2) is 35.5 Å². The van der Waals surface area contributed by atoms with Crippen LogP contribution >= 0.6 is 0 Å². The Hall–Kier alpha value is -1.90. The third kappa shape index (κ3) is 1.49. The van der Waals surface area contributed by atoms with Gasteiger partial charge in [-0.3, -0.25) is 4.79 Å². The van der Waals surface area contributed by atoms with Gasteiger partial charge in [-0.15, -0.1) is 0 Å². The van der Waals surface area contributed by atoms with Crippen LogP contribution in [0.2, 0.25) is 0 Å². The van der Waals surface area contributed by atoms with Gasteiger partial charge in [-0.05, 0) is 18.2 Å². The van der Waals surface area contributed by atoms with Crippen molar-refractivity contribution in [1.29, 1.82) is 0 Å². The highest BCUT2D eigenvalue weighted by molar-refractivity contribution is 6.35. The fraction of sp³-hybridized carbons (Fsp3) is 0. The lowest BCUT2D eigenvalue weighted by molar-refractivity contribution is 0.342. The van der Waals surface area contributed by atoms with E-state index < -0.39 is 0 Å². The quantitative estimate of drug-likeness (QED) is 0.644. The summed E-state index contributed by atoms with van der Waals surface area (Å²) < 4.78 is 0. The maximum absolute atomic E-state index is 10.3. The molecule has 0 unspecified atom stereocenters. The molecule has 0 spiro atoms. The van der Waals surface area contributed by atoms with E-state index in [0.717, 1.165) is 5.56 Å². The lowest BCUT2D eigenvalue weighted by Gasteiger charge is -1.99. The van der Waals surface area contributed by atoms with Crippen LogP contribution in [0.25, 0.3) is 6.08 Å². The second-order valence-corrected chi connectivity index (χ2v) is 2.54. The van der Waals surface area contributed by atoms with Crippen LogP contribution in [0.4, 0.5) is 0 Å². The molecule has 1 heterocycles. The molecule has 3 nitrogen and oxygen atoms in total. The molecule has 3 heteroatoms. The molecule has 1 aromatic carbocycles. The van der Waals surface area contributed by atoms with Gasteiger partial charge in [-0.25, -0.2) is 0 Å². The predicted octanol–water partition coefficient (Wildman–Crippen LogP) is 1.56. The zero-order valence-electron chi connectivity index (χ0n) is 6.73. The van der Waals surface area contributed by atoms with Crippen molar-refractivity contribution in [2.45, 2.75) is 0 Å². The van der Waals surface area contributed by atoms with Crippen molar-refractivity contribution in [3.63, 3.8) is 0 Å². The van der Waals surface area contributed by atoms with E-state index in [0.29, 0.717) is 5.75 Å². The van der Waals surface area contributed by atoms with Gasteiger partial charge in [0.2, 0.25) is 0 Å². The molecular weight excluding hydrogens is 166 g/mol. The molecule has 63 valence electrons. The SMILES string of the molecule is O=[C]C1=NOc2ccccc2C=C1. The molecular formula is C10H6NO2. The maximum Gasteiger partial charge on any atom is 0.257 e. The number of oxime groups is 1. The number of rotatable bonds is 1. The Labute approximate surface area is 75.3 Å². The summed E-state index contributed by atoms with van der Waals surface area (Å²) in [7, 11) is 0. The highest BCUT2D eigenvalue weighted by Crippen LogP contribution is 2.21. The number of benzene rings is 1. The second-order valence-electron chi connectivity index (χ2n) is 2.54. The molecule has 0 amide bonds. The van der Waals surface area contributed by atoms with Crippen LogP contribution in [-0.4, -0.2) is 12.0 Å². The Morgan fingerprint density at radius 2 is 2.08 bits per heavy atom. The van der Waals surface area contributed by atoms with Crippen molar-refractivity contribution in [3.8, 4) is 5.75 Å². The molecule has 0 N–H and O–H groups in total. The third-order valence-corrected chi connectivity index (χ3v) is 1.69. The van der Waals surface area contributed by atoms with Gasteiger partial charge >= 0.3 is 0 Å². The molecule has 0 atom stereocenters. The zero-order valence-corrected chi connectivity index (χ0v) is 6.73. The van der Waals surface area contributed by atoms with E-state index in [-0.39, 0.29) is 5.71 Å². The maximum atomic E-state index is 10.3. The van der Waals surface area contributed by atoms with Gasteiger partial charge < -0.3 is 4.84 Å². The Bertz CT molecular complexity index is 394. The van der Waals surface area contributed by atoms with Crippen molar-refractivity contribution < 1.29 is 9.63 Å². The highest BCUT2D eigenvalue weighted by atomic mass is 16.6. The van der Waals surface area contributed by atoms with Crippen molar-refractivity contribution >= 4 is 18.1 Å². The first-order valence-corrected chi connectivity index (χ1v) is 3.80. The summed E-state index contributed by atoms with van der Waals surface area (Å²) in [6.07, 6.45) is 5.01. The largest absolute Gasteiger partial charge is 0.356 e. The first-order valence-electron chi connectivity index (χ1n) is 3.80. The number of carbonyl (C=O) groups excluding carboxylic acids is 1. The molecule has 13 heavy (non-hydrogen) atoms. The van der Waals surface area contributed by atoms with Gasteiger partial charge in [0.15, 0.2) is 11.5 Å². The molecule has 1 radical (unpaired) electrons. The highest BCUT2D eigenvalue weighted by Gasteiger charge is 2.04. The summed E-state index contributed by atoms with van der Waals surface area (Å²) in [6.45, 7) is 0. The monoisotopic (exact) mass is 172 g/mol. The van der Waals surface area contributed by atoms with Gasteiger partial charge in [-0.1, -0.05) is 23.4 Å². The molecule has 0 saturated carbocycles. The lowest BCUT2D eigenvalue weighted by Crippen LogP contribution is -1.95. The summed E-state index contributed by atoms with van der Waals surface area (Å²) in [5.41, 5.74) is 1.06. The Kier molecular flexibility index (Phi) is 1.92. The van der Waals surface area contributed by atoms with Crippen LogP contribution in [0, 0.1) is 0 Å². The van der Waals surface area contributed by atoms with Crippen molar-refractivity contribution in [2.24, 2.45) is 5.16 Å². The smallest absolute Gasteiger partial charge is 0.257 e. The summed E-state index contributed by atoms with van der Waals surface area (Å²) >= 11 is 0. The van der Waals surface area contributed by atoms with Gasteiger partial charge in [0.05, 0.1) is 0 Å². The summed E-state index contributed by atoms with van der Waals surface area (Å²) in [5.74, 6) is 0.643. The van der Waals surface area contributed by atoms with E-state index in [1.807, 2.05) is 18.2 Å². The van der Waals surface area contributed by atoms with Crippen LogP contribution in [0.1, 0.15) is 5.56 Å². The average Bonchev–Trinajstić information content (AvgIpc) is 2.39. The number of hydrogen-bond acceptors (Lipinski definition) is 3. The number of fused-ring (bicyclic) bond motifs is 1. The summed E-state index contributed by atoms with van der Waals surface area (Å²) in [6, 6.07) is 7.41. The second kappa shape index (κ2) is 3.23. The predicted molar refractivity (Wildman–Crippen MR) is 49.2 cm³/mol. The van der Waals surface area contributed by atoms with E-state index in [1.54, 1.807) is 24.5 Å². The van der Waals surface area contributed by atoms with Crippen molar-refractivity contribution in [2.75, 3.05) is 0 Å². The van der Waals surface area contributed by atoms with Gasteiger partial charge in [-0.2, -0.15) is 0 Å². The Morgan fingerprint density at radius 1 is 1.23 bits per heavy atom. The minimum absolute atomic E-state index is 0.163. The summed E-state index contributed by atoms with van der Waals surface area (Å²) in [4.78, 5) is 15.3. The lowest BCUT2D eigenvalue weighted by atomic mass is 10.2. The number of para-hydroxylation sites is 1. The molecule has 1 aliphatic heterocycles. The average molecular weight is 172 g/mol. The standard InChI is InChI=1S/C10H6NO2/c12-7-9-6-5-8-3-1-2-4-10(8)13-11-9/h1-6H. The zero-order chi connectivity index (χ0) is 9.10. The normalized spacial score (nSPS) is 13.7. The first kappa shape index (κ1) is 7.73. The van der Waals surface area contributed by atoms with Gasteiger partial charge in [0.1, 0.15) is 0 Å². The van der Waals surface area contributed by atoms with Crippen molar-refractivity contribution in [3.05, 3.63) is 35.9 Å². The Morgan fingerprint density at radius 3 is 2.92 bits per heavy atom. The molecule has 0 saturated heterocycles. The van der Waals surface area contributed by atoms with Crippen LogP contribution in [0.5, 0.6) is 5.75 Å². The van der Waals surface area contributed by atoms with Gasteiger partial charge in [0.25, 0.3) is 6.29 Å². The first-order chi connectivity index (χ1) is 6.40. The molecule has 2 rings (SSSR count). The van der Waals surface area contributed by atoms with Gasteiger partial charge in [0, 0.05) is 5.56 Å². The third-order valence-electron chi connectivity index (χ3n) is 1.69. The topological polar surface area (TPSA) is 38.7 Å². The molecule has 0 aliphatic carbocycles. The van der Waals surface area contributed by atoms with E-state index >= 15 is 0 Å². The molecule has 0 fully saturated rings. The molecule has 1 aromatic rings. The minimum atomic E-state index is 0.163. The number of hydrogen-bond donors (Lipinski definition) is 0. The van der Waals surface area contributed by atoms with Crippen LogP contribution in [0.3, 0.4) is 0 Å². The molecule has 0 aromatic heterocycles. The van der Waals surface area contributed by atoms with E-state index in [1.165, 1.54) is 0 Å². The summed E-state index contributed by atoms with van der Waals surface area (Å²) in [5, 5.41) is 3.59. The number of allylic oxidation sites excluding steroid dienone is 1. The van der Waals surface area contributed by atoms with Crippen molar-refractivity contribution in [1.82, 2.24) is 0 Å². The number of nitrogens with zero attached hydrogens (tertiary/aromatic N) is 1. The minimum Gasteiger partial charge on any atom is -0.356 e. The van der Waals surface area contributed by atoms with E-state index in [2.05, 4.69) is 5.16 Å². The fourth-order valence-corrected chi connectivity index (χ4v) is 1.05. The van der Waals surface area contributed by atoms with Crippen LogP contribution < -0.4 is 4.84 Å². The van der Waals surface area contributed by atoms with E-state index in [4.69, 9.17) is 4.84 Å². The Balaban J connectivity index is 2.44. The molecule has 0 bridgehead atoms. The fourth-order valence-electron chi connectivity index (χ4n) is 1.05. The van der Waals surface area contributed by atoms with Crippen LogP contribution in [-0.2, 0) is 4.79 Å². The molecule has 1 aliphatic rings.